The molecule has 1 aromatic carbocycles. The average Bonchev–Trinajstić information content (AvgIpc) is 2.73. The first-order valence-electron chi connectivity index (χ1n) is 6.22. The summed E-state index contributed by atoms with van der Waals surface area (Å²) < 4.78 is 0. The molecule has 0 saturated carbocycles. The Kier molecular flexibility index (Phi) is 3.55. The van der Waals surface area contributed by atoms with Gasteiger partial charge in [-0.3, -0.25) is 0 Å². The van der Waals surface area contributed by atoms with Gasteiger partial charge in [0.1, 0.15) is 5.01 Å². The predicted octanol–water partition coefficient (Wildman–Crippen LogP) is 3.91. The van der Waals surface area contributed by atoms with Gasteiger partial charge in [0.15, 0.2) is 0 Å². The van der Waals surface area contributed by atoms with Gasteiger partial charge in [-0.1, -0.05) is 31.2 Å². The fourth-order valence-corrected chi connectivity index (χ4v) is 3.24. The number of nitrogens with zero attached hydrogens (tertiary/aromatic N) is 1. The number of aryl methyl sites for hydroxylation is 2. The maximum absolute atomic E-state index is 10.2. The molecular weight excluding hydrogens is 242 g/mol. The molecule has 0 unspecified atom stereocenters. The monoisotopic (exact) mass is 261 g/mol. The van der Waals surface area contributed by atoms with Gasteiger partial charge < -0.3 is 5.11 Å². The van der Waals surface area contributed by atoms with Crippen molar-refractivity contribution in [1.82, 2.24) is 4.98 Å². The zero-order valence-corrected chi connectivity index (χ0v) is 12.1. The molecule has 0 saturated heterocycles. The zero-order valence-electron chi connectivity index (χ0n) is 11.3. The highest BCUT2D eigenvalue weighted by Gasteiger charge is 2.24. The molecule has 0 bridgehead atoms. The molecule has 0 atom stereocenters. The minimum atomic E-state index is -0.816. The van der Waals surface area contributed by atoms with Crippen molar-refractivity contribution < 1.29 is 5.11 Å². The van der Waals surface area contributed by atoms with E-state index < -0.39 is 5.60 Å². The van der Waals surface area contributed by atoms with Crippen LogP contribution in [0.25, 0.3) is 10.6 Å². The third-order valence-electron chi connectivity index (χ3n) is 2.96. The van der Waals surface area contributed by atoms with E-state index in [0.717, 1.165) is 27.6 Å². The molecule has 18 heavy (non-hydrogen) atoms. The molecule has 0 amide bonds. The summed E-state index contributed by atoms with van der Waals surface area (Å²) in [5, 5.41) is 11.2. The van der Waals surface area contributed by atoms with Crippen molar-refractivity contribution in [2.45, 2.75) is 39.7 Å². The first kappa shape index (κ1) is 13.2. The Labute approximate surface area is 112 Å². The molecule has 2 nitrogen and oxygen atoms in total. The first-order chi connectivity index (χ1) is 8.43. The van der Waals surface area contributed by atoms with E-state index in [1.165, 1.54) is 5.56 Å². The molecule has 0 fully saturated rings. The van der Waals surface area contributed by atoms with Crippen LogP contribution in [0.2, 0.25) is 0 Å². The number of hydrogen-bond acceptors (Lipinski definition) is 3. The van der Waals surface area contributed by atoms with Gasteiger partial charge >= 0.3 is 0 Å². The van der Waals surface area contributed by atoms with Gasteiger partial charge in [-0.25, -0.2) is 4.98 Å². The lowest BCUT2D eigenvalue weighted by molar-refractivity contribution is 0.0814. The average molecular weight is 261 g/mol. The number of aliphatic hydroxyl groups is 1. The van der Waals surface area contributed by atoms with E-state index in [1.807, 2.05) is 26.0 Å². The summed E-state index contributed by atoms with van der Waals surface area (Å²) in [6.07, 6.45) is 0.849. The van der Waals surface area contributed by atoms with E-state index >= 15 is 0 Å². The van der Waals surface area contributed by atoms with Crippen LogP contribution in [0.3, 0.4) is 0 Å². The van der Waals surface area contributed by atoms with Crippen LogP contribution in [0.4, 0.5) is 0 Å². The Morgan fingerprint density at radius 2 is 1.94 bits per heavy atom. The van der Waals surface area contributed by atoms with Crippen molar-refractivity contribution in [2.24, 2.45) is 0 Å². The van der Waals surface area contributed by atoms with Gasteiger partial charge in [0, 0.05) is 5.56 Å². The summed E-state index contributed by atoms with van der Waals surface area (Å²) in [4.78, 5) is 5.66. The Morgan fingerprint density at radius 3 is 2.44 bits per heavy atom. The van der Waals surface area contributed by atoms with Crippen molar-refractivity contribution in [2.75, 3.05) is 0 Å². The molecule has 0 spiro atoms. The van der Waals surface area contributed by atoms with Gasteiger partial charge in [-0.05, 0) is 32.8 Å². The van der Waals surface area contributed by atoms with E-state index in [4.69, 9.17) is 0 Å². The second-order valence-corrected chi connectivity index (χ2v) is 6.02. The lowest BCUT2D eigenvalue weighted by atomic mass is 10.1. The van der Waals surface area contributed by atoms with Crippen molar-refractivity contribution in [1.29, 1.82) is 0 Å². The van der Waals surface area contributed by atoms with Crippen LogP contribution in [0, 0.1) is 6.92 Å². The molecule has 0 aliphatic carbocycles. The summed E-state index contributed by atoms with van der Waals surface area (Å²) in [6, 6.07) is 8.23. The molecule has 3 heteroatoms. The highest BCUT2D eigenvalue weighted by Crippen LogP contribution is 2.36. The van der Waals surface area contributed by atoms with Crippen molar-refractivity contribution in [3.8, 4) is 10.6 Å². The highest BCUT2D eigenvalue weighted by molar-refractivity contribution is 7.15. The van der Waals surface area contributed by atoms with E-state index in [-0.39, 0.29) is 0 Å². The highest BCUT2D eigenvalue weighted by atomic mass is 32.1. The number of benzene rings is 1. The largest absolute Gasteiger partial charge is 0.385 e. The zero-order chi connectivity index (χ0) is 13.3. The van der Waals surface area contributed by atoms with Crippen LogP contribution in [0.5, 0.6) is 0 Å². The molecule has 1 N–H and O–H groups in total. The minimum absolute atomic E-state index is 0.816. The van der Waals surface area contributed by atoms with E-state index in [1.54, 1.807) is 11.3 Å². The normalized spacial score (nSPS) is 11.8. The fraction of sp³-hybridized carbons (Fsp3) is 0.400. The summed E-state index contributed by atoms with van der Waals surface area (Å²) in [7, 11) is 0. The van der Waals surface area contributed by atoms with Gasteiger partial charge in [0.2, 0.25) is 0 Å². The summed E-state index contributed by atoms with van der Waals surface area (Å²) in [5.41, 5.74) is 2.57. The molecule has 1 heterocycles. The van der Waals surface area contributed by atoms with E-state index in [9.17, 15) is 5.11 Å². The smallest absolute Gasteiger partial charge is 0.124 e. The van der Waals surface area contributed by atoms with Crippen LogP contribution < -0.4 is 0 Å². The maximum atomic E-state index is 10.2. The van der Waals surface area contributed by atoms with Crippen molar-refractivity contribution in [3.63, 3.8) is 0 Å². The minimum Gasteiger partial charge on any atom is -0.385 e. The molecule has 0 aliphatic rings. The van der Waals surface area contributed by atoms with Crippen LogP contribution in [-0.2, 0) is 12.0 Å². The second kappa shape index (κ2) is 4.82. The second-order valence-electron chi connectivity index (χ2n) is 5.02. The van der Waals surface area contributed by atoms with Gasteiger partial charge in [-0.15, -0.1) is 11.3 Å². The number of rotatable bonds is 3. The third kappa shape index (κ3) is 2.47. The Morgan fingerprint density at radius 1 is 1.28 bits per heavy atom. The predicted molar refractivity (Wildman–Crippen MR) is 76.9 cm³/mol. The summed E-state index contributed by atoms with van der Waals surface area (Å²) in [6.45, 7) is 7.81. The molecule has 96 valence electrons. The van der Waals surface area contributed by atoms with Crippen LogP contribution in [-0.4, -0.2) is 10.1 Å². The summed E-state index contributed by atoms with van der Waals surface area (Å²) >= 11 is 1.60. The first-order valence-corrected chi connectivity index (χ1v) is 7.03. The van der Waals surface area contributed by atoms with E-state index in [0.29, 0.717) is 0 Å². The Bertz CT molecular complexity index is 552. The van der Waals surface area contributed by atoms with Crippen molar-refractivity contribution >= 4 is 11.3 Å². The lowest BCUT2D eigenvalue weighted by Gasteiger charge is -2.15. The molecule has 1 aromatic heterocycles. The molecular formula is C15H19NOS. The molecule has 0 radical (unpaired) electrons. The number of thiazole rings is 1. The Hall–Kier alpha value is -1.19. The Balaban J connectivity index is 2.55. The SMILES string of the molecule is CCc1nc(-c2ccccc2C)sc1C(C)(C)O. The number of hydrogen-bond donors (Lipinski definition) is 1. The topological polar surface area (TPSA) is 33.1 Å². The van der Waals surface area contributed by atoms with E-state index in [2.05, 4.69) is 31.0 Å². The molecule has 2 rings (SSSR count). The van der Waals surface area contributed by atoms with Crippen LogP contribution in [0.1, 0.15) is 36.9 Å². The van der Waals surface area contributed by atoms with Gasteiger partial charge in [0.05, 0.1) is 16.2 Å². The lowest BCUT2D eigenvalue weighted by Crippen LogP contribution is -2.15. The van der Waals surface area contributed by atoms with Crippen molar-refractivity contribution in [3.05, 3.63) is 40.4 Å². The standard InChI is InChI=1S/C15H19NOS/c1-5-12-13(15(3,4)17)18-14(16-12)11-9-7-6-8-10(11)2/h6-9,17H,5H2,1-4H3. The third-order valence-corrected chi connectivity index (χ3v) is 4.41. The summed E-state index contributed by atoms with van der Waals surface area (Å²) in [5.74, 6) is 0. The fourth-order valence-electron chi connectivity index (χ4n) is 2.00. The van der Waals surface area contributed by atoms with Gasteiger partial charge in [-0.2, -0.15) is 0 Å². The maximum Gasteiger partial charge on any atom is 0.124 e. The van der Waals surface area contributed by atoms with Crippen LogP contribution in [0.15, 0.2) is 24.3 Å². The quantitative estimate of drug-likeness (QED) is 0.908. The molecule has 0 aliphatic heterocycles. The van der Waals surface area contributed by atoms with Gasteiger partial charge in [0.25, 0.3) is 0 Å². The molecule has 2 aromatic rings. The van der Waals surface area contributed by atoms with Crippen LogP contribution >= 0.6 is 11.3 Å². The number of aromatic nitrogens is 1.